The summed E-state index contributed by atoms with van der Waals surface area (Å²) in [6, 6.07) is 0. The third kappa shape index (κ3) is 2.89. The Morgan fingerprint density at radius 2 is 1.91 bits per heavy atom. The van der Waals surface area contributed by atoms with Crippen molar-refractivity contribution in [2.45, 2.75) is 76.7 Å². The van der Waals surface area contributed by atoms with Gasteiger partial charge in [0, 0.05) is 30.3 Å². The Labute approximate surface area is 203 Å². The van der Waals surface area contributed by atoms with E-state index in [4.69, 9.17) is 14.2 Å². The van der Waals surface area contributed by atoms with Gasteiger partial charge in [0.1, 0.15) is 18.1 Å². The fourth-order valence-corrected chi connectivity index (χ4v) is 9.12. The third-order valence-electron chi connectivity index (χ3n) is 10.6. The average Bonchev–Trinajstić information content (AvgIpc) is 3.26. The molecule has 0 aromatic carbocycles. The van der Waals surface area contributed by atoms with Gasteiger partial charge in [0.05, 0.1) is 11.7 Å². The van der Waals surface area contributed by atoms with E-state index in [2.05, 4.69) is 0 Å². The van der Waals surface area contributed by atoms with E-state index in [1.165, 1.54) is 6.92 Å². The summed E-state index contributed by atoms with van der Waals surface area (Å²) in [6.45, 7) is 6.93. The fraction of sp³-hybridized carbons (Fsp3) is 0.808. The van der Waals surface area contributed by atoms with Crippen LogP contribution in [0, 0.1) is 53.3 Å². The van der Waals surface area contributed by atoms with Crippen LogP contribution >= 0.6 is 0 Å². The van der Waals surface area contributed by atoms with E-state index >= 15 is 0 Å². The van der Waals surface area contributed by atoms with Crippen LogP contribution in [-0.4, -0.2) is 62.9 Å². The van der Waals surface area contributed by atoms with Crippen molar-refractivity contribution in [3.8, 4) is 0 Å². The van der Waals surface area contributed by atoms with Crippen LogP contribution in [0.2, 0.25) is 0 Å². The predicted octanol–water partition coefficient (Wildman–Crippen LogP) is 1.50. The lowest BCUT2D eigenvalue weighted by molar-refractivity contribution is -0.369. The van der Waals surface area contributed by atoms with Crippen molar-refractivity contribution in [2.24, 2.45) is 53.3 Å². The van der Waals surface area contributed by atoms with Crippen LogP contribution < -0.4 is 0 Å². The van der Waals surface area contributed by atoms with Crippen LogP contribution in [0.1, 0.15) is 47.0 Å². The molecular formula is C26H34O9. The van der Waals surface area contributed by atoms with Crippen LogP contribution in [0.4, 0.5) is 0 Å². The molecule has 9 heteroatoms. The number of hydrogen-bond donors (Lipinski definition) is 3. The fourth-order valence-electron chi connectivity index (χ4n) is 9.12. The highest BCUT2D eigenvalue weighted by Gasteiger charge is 2.74. The van der Waals surface area contributed by atoms with Crippen LogP contribution in [0.5, 0.6) is 0 Å². The molecule has 3 aliphatic carbocycles. The lowest BCUT2D eigenvalue weighted by Crippen LogP contribution is -2.68. The Bertz CT molecular complexity index is 1020. The highest BCUT2D eigenvalue weighted by atomic mass is 16.7. The molecule has 6 aliphatic rings. The number of rotatable bonds is 2. The minimum atomic E-state index is -1.72. The second-order valence-electron chi connectivity index (χ2n) is 12.1. The molecule has 9 unspecified atom stereocenters. The smallest absolute Gasteiger partial charge is 0.331 e. The molecule has 35 heavy (non-hydrogen) atoms. The first-order chi connectivity index (χ1) is 16.4. The molecule has 3 aliphatic heterocycles. The monoisotopic (exact) mass is 490 g/mol. The van der Waals surface area contributed by atoms with Crippen molar-refractivity contribution in [3.05, 3.63) is 11.6 Å². The van der Waals surface area contributed by atoms with E-state index in [9.17, 15) is 29.7 Å². The average molecular weight is 491 g/mol. The number of fused-ring (bicyclic) bond motifs is 9. The Kier molecular flexibility index (Phi) is 4.88. The van der Waals surface area contributed by atoms with E-state index < -0.39 is 95.0 Å². The second kappa shape index (κ2) is 7.29. The number of carboxylic acids is 1. The van der Waals surface area contributed by atoms with Gasteiger partial charge in [-0.2, -0.15) is 0 Å². The third-order valence-corrected chi connectivity index (χ3v) is 10.6. The molecule has 0 radical (unpaired) electrons. The molecular weight excluding hydrogens is 456 g/mol. The first kappa shape index (κ1) is 23.4. The molecule has 0 aromatic rings. The summed E-state index contributed by atoms with van der Waals surface area (Å²) in [5, 5.41) is 33.6. The standard InChI is InChI=1S/C26H34O9/c1-9-21(28)18-14(22(9)33-11(3)27)7-13(23(29)30)12-8-15-19(17(12)18)20-24(31)34-16-5-6-25(15,4)35-26(20,32)10(16)2/h7,9-10,12,14-22,28,32H,5-6,8H2,1-4H3,(H,29,30)/t9?,10-,12?,14?,15?,16-,17?,18?,19?,20?,21+,22-,25-,26?/m0/s1. The molecule has 3 bridgehead atoms. The van der Waals surface area contributed by atoms with Gasteiger partial charge in [-0.1, -0.05) is 19.9 Å². The number of aliphatic carboxylic acids is 1. The number of carboxylic acid groups (broad SMARTS) is 1. The van der Waals surface area contributed by atoms with E-state index in [0.717, 1.165) is 0 Å². The Morgan fingerprint density at radius 3 is 2.57 bits per heavy atom. The molecule has 6 rings (SSSR count). The lowest BCUT2D eigenvalue weighted by Gasteiger charge is -2.57. The predicted molar refractivity (Wildman–Crippen MR) is 118 cm³/mol. The zero-order valence-corrected chi connectivity index (χ0v) is 20.4. The highest BCUT2D eigenvalue weighted by molar-refractivity contribution is 5.88. The molecule has 14 atom stereocenters. The van der Waals surface area contributed by atoms with Gasteiger partial charge in [-0.15, -0.1) is 0 Å². The first-order valence-electron chi connectivity index (χ1n) is 12.8. The maximum absolute atomic E-state index is 13.4. The molecule has 3 heterocycles. The molecule has 192 valence electrons. The van der Waals surface area contributed by atoms with Crippen molar-refractivity contribution in [1.82, 2.24) is 0 Å². The SMILES string of the molecule is CC(=O)O[C@@H]1C2C=C(C(=O)O)C3CC4C(C3C2[C@H](O)C1C)C1C(=O)O[C@H]2CC[C@]4(C)OC1(O)[C@H]2C. The summed E-state index contributed by atoms with van der Waals surface area (Å²) >= 11 is 0. The molecule has 0 aromatic heterocycles. The number of hydrogen-bond acceptors (Lipinski definition) is 8. The van der Waals surface area contributed by atoms with Crippen molar-refractivity contribution in [2.75, 3.05) is 0 Å². The van der Waals surface area contributed by atoms with Crippen molar-refractivity contribution in [1.29, 1.82) is 0 Å². The largest absolute Gasteiger partial charge is 0.478 e. The molecule has 9 nitrogen and oxygen atoms in total. The summed E-state index contributed by atoms with van der Waals surface area (Å²) in [5.41, 5.74) is -0.518. The van der Waals surface area contributed by atoms with Crippen LogP contribution in [0.15, 0.2) is 11.6 Å². The molecule has 0 amide bonds. The summed E-state index contributed by atoms with van der Waals surface area (Å²) in [6.07, 6.45) is 1.38. The first-order valence-corrected chi connectivity index (χ1v) is 12.8. The van der Waals surface area contributed by atoms with Gasteiger partial charge in [0.25, 0.3) is 0 Å². The van der Waals surface area contributed by atoms with Gasteiger partial charge in [0.15, 0.2) is 5.79 Å². The van der Waals surface area contributed by atoms with Crippen molar-refractivity contribution in [3.63, 3.8) is 0 Å². The number of esters is 2. The number of aliphatic hydroxyl groups is 2. The second-order valence-corrected chi connectivity index (χ2v) is 12.1. The number of ether oxygens (including phenoxy) is 3. The van der Waals surface area contributed by atoms with Crippen LogP contribution in [0.3, 0.4) is 0 Å². The van der Waals surface area contributed by atoms with E-state index in [-0.39, 0.29) is 11.5 Å². The molecule has 3 N–H and O–H groups in total. The topological polar surface area (TPSA) is 140 Å². The Morgan fingerprint density at radius 1 is 1.20 bits per heavy atom. The van der Waals surface area contributed by atoms with Gasteiger partial charge in [0.2, 0.25) is 0 Å². The minimum absolute atomic E-state index is 0.184. The van der Waals surface area contributed by atoms with Gasteiger partial charge < -0.3 is 29.5 Å². The maximum atomic E-state index is 13.4. The summed E-state index contributed by atoms with van der Waals surface area (Å²) < 4.78 is 17.9. The van der Waals surface area contributed by atoms with Gasteiger partial charge in [-0.05, 0) is 55.8 Å². The molecule has 2 saturated carbocycles. The number of aliphatic hydroxyl groups excluding tert-OH is 1. The van der Waals surface area contributed by atoms with E-state index in [1.54, 1.807) is 6.08 Å². The van der Waals surface area contributed by atoms with Crippen molar-refractivity contribution < 1.29 is 43.9 Å². The van der Waals surface area contributed by atoms with E-state index in [0.29, 0.717) is 19.3 Å². The summed E-state index contributed by atoms with van der Waals surface area (Å²) in [7, 11) is 0. The number of carbonyl (C=O) groups excluding carboxylic acids is 2. The number of carbonyl (C=O) groups is 3. The quantitative estimate of drug-likeness (QED) is 0.491. The Balaban J connectivity index is 1.52. The molecule has 5 fully saturated rings. The lowest BCUT2D eigenvalue weighted by atomic mass is 9.59. The zero-order chi connectivity index (χ0) is 25.2. The van der Waals surface area contributed by atoms with Crippen LogP contribution in [-0.2, 0) is 28.6 Å². The molecule has 3 saturated heterocycles. The van der Waals surface area contributed by atoms with Gasteiger partial charge >= 0.3 is 17.9 Å². The van der Waals surface area contributed by atoms with E-state index in [1.807, 2.05) is 20.8 Å². The summed E-state index contributed by atoms with van der Waals surface area (Å²) in [5.74, 6) is -7.87. The van der Waals surface area contributed by atoms with Crippen molar-refractivity contribution >= 4 is 17.9 Å². The van der Waals surface area contributed by atoms with Gasteiger partial charge in [-0.25, -0.2) is 4.79 Å². The Hall–Kier alpha value is -1.97. The van der Waals surface area contributed by atoms with Crippen LogP contribution in [0.25, 0.3) is 0 Å². The maximum Gasteiger partial charge on any atom is 0.331 e. The molecule has 0 spiro atoms. The minimum Gasteiger partial charge on any atom is -0.478 e. The van der Waals surface area contributed by atoms with Gasteiger partial charge in [-0.3, -0.25) is 9.59 Å². The normalized spacial score (nSPS) is 55.7. The summed E-state index contributed by atoms with van der Waals surface area (Å²) in [4.78, 5) is 37.8. The highest BCUT2D eigenvalue weighted by Crippen LogP contribution is 2.68. The zero-order valence-electron chi connectivity index (χ0n) is 20.4.